The van der Waals surface area contributed by atoms with Gasteiger partial charge >= 0.3 is 0 Å². The van der Waals surface area contributed by atoms with Crippen molar-refractivity contribution in [2.45, 2.75) is 44.1 Å². The first kappa shape index (κ1) is 13.4. The van der Waals surface area contributed by atoms with Gasteiger partial charge in [-0.3, -0.25) is 0 Å². The van der Waals surface area contributed by atoms with Gasteiger partial charge in [0.05, 0.1) is 5.60 Å². The Hall–Kier alpha value is -1.61. The molecular weight excluding hydrogens is 248 g/mol. The number of fused-ring (bicyclic) bond motifs is 1. The zero-order valence-electron chi connectivity index (χ0n) is 11.8. The second-order valence-electron chi connectivity index (χ2n) is 5.87. The second-order valence-corrected chi connectivity index (χ2v) is 5.87. The Kier molecular flexibility index (Phi) is 3.88. The fourth-order valence-electron chi connectivity index (χ4n) is 3.07. The average molecular weight is 270 g/mol. The molecule has 1 saturated carbocycles. The lowest BCUT2D eigenvalue weighted by molar-refractivity contribution is 0.0381. The van der Waals surface area contributed by atoms with Gasteiger partial charge < -0.3 is 10.4 Å². The molecule has 3 nitrogen and oxygen atoms in total. The minimum absolute atomic E-state index is 0.574. The third-order valence-corrected chi connectivity index (χ3v) is 4.29. The van der Waals surface area contributed by atoms with E-state index in [4.69, 9.17) is 0 Å². The standard InChI is InChI=1S/C17H22N2O/c20-17(10-5-1-2-6-11-17)13-19-16-15-8-4-3-7-14(15)9-12-18-16/h3-4,7-9,12,20H,1-2,5-6,10-11,13H2,(H,18,19). The lowest BCUT2D eigenvalue weighted by Gasteiger charge is -2.27. The van der Waals surface area contributed by atoms with Gasteiger partial charge in [0, 0.05) is 18.1 Å². The predicted molar refractivity (Wildman–Crippen MR) is 82.9 cm³/mol. The van der Waals surface area contributed by atoms with Crippen LogP contribution in [0.25, 0.3) is 10.8 Å². The number of aromatic nitrogens is 1. The number of pyridine rings is 1. The van der Waals surface area contributed by atoms with Crippen LogP contribution in [0.4, 0.5) is 5.82 Å². The minimum atomic E-state index is -0.574. The van der Waals surface area contributed by atoms with E-state index in [1.54, 1.807) is 0 Å². The lowest BCUT2D eigenvalue weighted by atomic mass is 9.94. The van der Waals surface area contributed by atoms with Gasteiger partial charge in [-0.25, -0.2) is 4.98 Å². The van der Waals surface area contributed by atoms with Gasteiger partial charge in [-0.1, -0.05) is 49.9 Å². The number of benzene rings is 1. The third-order valence-electron chi connectivity index (χ3n) is 4.29. The molecule has 0 aliphatic heterocycles. The average Bonchev–Trinajstić information content (AvgIpc) is 2.70. The van der Waals surface area contributed by atoms with E-state index in [2.05, 4.69) is 22.4 Å². The molecule has 0 atom stereocenters. The van der Waals surface area contributed by atoms with E-state index < -0.39 is 5.60 Å². The lowest BCUT2D eigenvalue weighted by Crippen LogP contribution is -2.36. The maximum Gasteiger partial charge on any atom is 0.133 e. The Balaban J connectivity index is 1.76. The molecule has 0 saturated heterocycles. The van der Waals surface area contributed by atoms with E-state index in [1.807, 2.05) is 24.4 Å². The van der Waals surface area contributed by atoms with Gasteiger partial charge in [-0.05, 0) is 24.3 Å². The predicted octanol–water partition coefficient (Wildman–Crippen LogP) is 3.73. The molecule has 3 heteroatoms. The maximum atomic E-state index is 10.7. The fraction of sp³-hybridized carbons (Fsp3) is 0.471. The monoisotopic (exact) mass is 270 g/mol. The topological polar surface area (TPSA) is 45.1 Å². The Morgan fingerprint density at radius 1 is 1.05 bits per heavy atom. The molecule has 1 aliphatic carbocycles. The highest BCUT2D eigenvalue weighted by molar-refractivity contribution is 5.91. The summed E-state index contributed by atoms with van der Waals surface area (Å²) in [6.07, 6.45) is 8.35. The van der Waals surface area contributed by atoms with E-state index in [9.17, 15) is 5.11 Å². The van der Waals surface area contributed by atoms with Crippen molar-refractivity contribution in [2.24, 2.45) is 0 Å². The van der Waals surface area contributed by atoms with E-state index >= 15 is 0 Å². The first-order valence-corrected chi connectivity index (χ1v) is 7.57. The van der Waals surface area contributed by atoms with Crippen LogP contribution in [0, 0.1) is 0 Å². The van der Waals surface area contributed by atoms with Crippen LogP contribution in [-0.2, 0) is 0 Å². The van der Waals surface area contributed by atoms with Crippen LogP contribution < -0.4 is 5.32 Å². The number of rotatable bonds is 3. The largest absolute Gasteiger partial charge is 0.388 e. The van der Waals surface area contributed by atoms with Crippen molar-refractivity contribution in [3.05, 3.63) is 36.5 Å². The number of hydrogen-bond acceptors (Lipinski definition) is 3. The Labute approximate surface area is 120 Å². The summed E-state index contributed by atoms with van der Waals surface area (Å²) in [4.78, 5) is 4.42. The number of nitrogens with one attached hydrogen (secondary N) is 1. The first-order chi connectivity index (χ1) is 9.77. The normalized spacial score (nSPS) is 18.6. The summed E-state index contributed by atoms with van der Waals surface area (Å²) in [5.74, 6) is 0.876. The molecule has 1 aromatic carbocycles. The van der Waals surface area contributed by atoms with Crippen LogP contribution in [0.1, 0.15) is 38.5 Å². The van der Waals surface area contributed by atoms with Crippen molar-refractivity contribution in [2.75, 3.05) is 11.9 Å². The van der Waals surface area contributed by atoms with Crippen molar-refractivity contribution in [1.82, 2.24) is 4.98 Å². The van der Waals surface area contributed by atoms with Crippen molar-refractivity contribution in [3.8, 4) is 0 Å². The molecule has 2 aromatic rings. The fourth-order valence-corrected chi connectivity index (χ4v) is 3.07. The van der Waals surface area contributed by atoms with Gasteiger partial charge in [0.15, 0.2) is 0 Å². The third kappa shape index (κ3) is 2.93. The molecule has 106 valence electrons. The minimum Gasteiger partial charge on any atom is -0.388 e. The highest BCUT2D eigenvalue weighted by Crippen LogP contribution is 2.28. The quantitative estimate of drug-likeness (QED) is 0.835. The van der Waals surface area contributed by atoms with Gasteiger partial charge in [-0.15, -0.1) is 0 Å². The van der Waals surface area contributed by atoms with Crippen LogP contribution in [-0.4, -0.2) is 22.2 Å². The van der Waals surface area contributed by atoms with Crippen LogP contribution in [0.15, 0.2) is 36.5 Å². The molecule has 0 unspecified atom stereocenters. The van der Waals surface area contributed by atoms with Gasteiger partial charge in [0.1, 0.15) is 5.82 Å². The first-order valence-electron chi connectivity index (χ1n) is 7.57. The Morgan fingerprint density at radius 2 is 1.80 bits per heavy atom. The molecule has 1 aromatic heterocycles. The molecule has 1 heterocycles. The Bertz CT molecular complexity index is 569. The summed E-state index contributed by atoms with van der Waals surface area (Å²) < 4.78 is 0. The highest BCUT2D eigenvalue weighted by Gasteiger charge is 2.27. The van der Waals surface area contributed by atoms with Gasteiger partial charge in [-0.2, -0.15) is 0 Å². The zero-order chi connectivity index (χ0) is 13.8. The summed E-state index contributed by atoms with van der Waals surface area (Å²) >= 11 is 0. The van der Waals surface area contributed by atoms with Crippen LogP contribution in [0.5, 0.6) is 0 Å². The van der Waals surface area contributed by atoms with Crippen LogP contribution >= 0.6 is 0 Å². The molecule has 1 aliphatic rings. The molecule has 20 heavy (non-hydrogen) atoms. The number of hydrogen-bond donors (Lipinski definition) is 2. The highest BCUT2D eigenvalue weighted by atomic mass is 16.3. The summed E-state index contributed by atoms with van der Waals surface area (Å²) in [5, 5.41) is 16.4. The smallest absolute Gasteiger partial charge is 0.133 e. The SMILES string of the molecule is OC1(CNc2nccc3ccccc23)CCCCCC1. The van der Waals surface area contributed by atoms with Gasteiger partial charge in [0.25, 0.3) is 0 Å². The second kappa shape index (κ2) is 5.80. The molecular formula is C17H22N2O. The van der Waals surface area contributed by atoms with Gasteiger partial charge in [0.2, 0.25) is 0 Å². The molecule has 0 radical (unpaired) electrons. The number of nitrogens with zero attached hydrogens (tertiary/aromatic N) is 1. The molecule has 0 amide bonds. The molecule has 3 rings (SSSR count). The molecule has 1 fully saturated rings. The van der Waals surface area contributed by atoms with E-state index in [0.29, 0.717) is 6.54 Å². The molecule has 0 bridgehead atoms. The van der Waals surface area contributed by atoms with Crippen molar-refractivity contribution >= 4 is 16.6 Å². The molecule has 2 N–H and O–H groups in total. The summed E-state index contributed by atoms with van der Waals surface area (Å²) in [6, 6.07) is 10.2. The molecule has 0 spiro atoms. The zero-order valence-corrected chi connectivity index (χ0v) is 11.8. The van der Waals surface area contributed by atoms with Crippen molar-refractivity contribution < 1.29 is 5.11 Å². The summed E-state index contributed by atoms with van der Waals surface area (Å²) in [7, 11) is 0. The number of aliphatic hydroxyl groups is 1. The van der Waals surface area contributed by atoms with Crippen molar-refractivity contribution in [3.63, 3.8) is 0 Å². The Morgan fingerprint density at radius 3 is 2.60 bits per heavy atom. The maximum absolute atomic E-state index is 10.7. The van der Waals surface area contributed by atoms with E-state index in [0.717, 1.165) is 36.9 Å². The van der Waals surface area contributed by atoms with Crippen molar-refractivity contribution in [1.29, 1.82) is 0 Å². The van der Waals surface area contributed by atoms with Crippen LogP contribution in [0.2, 0.25) is 0 Å². The van der Waals surface area contributed by atoms with Crippen LogP contribution in [0.3, 0.4) is 0 Å². The number of anilines is 1. The summed E-state index contributed by atoms with van der Waals surface area (Å²) in [6.45, 7) is 0.591. The van der Waals surface area contributed by atoms with E-state index in [1.165, 1.54) is 18.2 Å². The summed E-state index contributed by atoms with van der Waals surface area (Å²) in [5.41, 5.74) is -0.574. The van der Waals surface area contributed by atoms with E-state index in [-0.39, 0.29) is 0 Å².